The fourth-order valence-corrected chi connectivity index (χ4v) is 5.09. The summed E-state index contributed by atoms with van der Waals surface area (Å²) >= 11 is 1.46. The van der Waals surface area contributed by atoms with Crippen molar-refractivity contribution in [3.8, 4) is 11.5 Å². The van der Waals surface area contributed by atoms with E-state index in [1.54, 1.807) is 45.0 Å². The van der Waals surface area contributed by atoms with E-state index in [1.807, 2.05) is 12.1 Å². The number of hydrogen-bond acceptors (Lipinski definition) is 5. The molecule has 6 nitrogen and oxygen atoms in total. The average molecular weight is 490 g/mol. The van der Waals surface area contributed by atoms with Crippen LogP contribution >= 0.6 is 11.8 Å². The number of benzene rings is 3. The van der Waals surface area contributed by atoms with Crippen LogP contribution < -0.4 is 9.46 Å². The third-order valence-corrected chi connectivity index (χ3v) is 7.49. The number of rotatable bonds is 9. The third-order valence-electron chi connectivity index (χ3n) is 5.03. The molecule has 0 atom stereocenters. The van der Waals surface area contributed by atoms with E-state index in [9.17, 15) is 22.7 Å². The molecule has 9 heteroatoms. The minimum absolute atomic E-state index is 0.0251. The van der Waals surface area contributed by atoms with E-state index >= 15 is 0 Å². The van der Waals surface area contributed by atoms with Crippen LogP contribution in [0.3, 0.4) is 0 Å². The van der Waals surface area contributed by atoms with Gasteiger partial charge in [0.15, 0.2) is 0 Å². The van der Waals surface area contributed by atoms with Gasteiger partial charge in [-0.1, -0.05) is 0 Å². The predicted molar refractivity (Wildman–Crippen MR) is 126 cm³/mol. The molecule has 0 saturated carbocycles. The summed E-state index contributed by atoms with van der Waals surface area (Å²) in [6.07, 6.45) is 0. The Bertz CT molecular complexity index is 1270. The summed E-state index contributed by atoms with van der Waals surface area (Å²) in [4.78, 5) is 12.2. The summed E-state index contributed by atoms with van der Waals surface area (Å²) in [5.41, 5.74) is 1.62. The molecule has 2 N–H and O–H groups in total. The second-order valence-corrected chi connectivity index (χ2v) is 10.4. The number of hydrogen-bond donors (Lipinski definition) is 2. The zero-order valence-corrected chi connectivity index (χ0v) is 20.0. The van der Waals surface area contributed by atoms with Crippen LogP contribution in [0.25, 0.3) is 0 Å². The van der Waals surface area contributed by atoms with Gasteiger partial charge in [-0.05, 0) is 92.1 Å². The van der Waals surface area contributed by atoms with Crippen LogP contribution in [0.5, 0.6) is 11.5 Å². The topological polar surface area (TPSA) is 92.7 Å². The van der Waals surface area contributed by atoms with Gasteiger partial charge in [-0.2, -0.15) is 0 Å². The SMILES string of the molecule is Cc1cc(Oc2ccc(SCCNS(=O)(=O)c3cc(C)c(C)c(C(=O)O)c3)cc2)ccc1F. The number of carboxylic acids is 1. The quantitative estimate of drug-likeness (QED) is 0.313. The predicted octanol–water partition coefficient (Wildman–Crippen LogP) is 5.31. The first-order valence-corrected chi connectivity index (χ1v) is 12.5. The number of nitrogens with one attached hydrogen (secondary N) is 1. The molecular weight excluding hydrogens is 465 g/mol. The first-order valence-electron chi connectivity index (χ1n) is 10.1. The van der Waals surface area contributed by atoms with Crippen molar-refractivity contribution in [1.82, 2.24) is 4.72 Å². The molecule has 0 heterocycles. The zero-order chi connectivity index (χ0) is 24.2. The Balaban J connectivity index is 1.55. The Morgan fingerprint density at radius 2 is 1.67 bits per heavy atom. The van der Waals surface area contributed by atoms with Gasteiger partial charge in [0, 0.05) is 17.2 Å². The molecule has 0 aliphatic carbocycles. The van der Waals surface area contributed by atoms with Gasteiger partial charge in [-0.25, -0.2) is 22.3 Å². The highest BCUT2D eigenvalue weighted by atomic mass is 32.2. The Morgan fingerprint density at radius 1 is 1.00 bits per heavy atom. The molecule has 3 aromatic rings. The maximum atomic E-state index is 13.4. The van der Waals surface area contributed by atoms with E-state index in [4.69, 9.17) is 4.74 Å². The maximum absolute atomic E-state index is 13.4. The fourth-order valence-electron chi connectivity index (χ4n) is 3.05. The molecule has 0 aliphatic heterocycles. The van der Waals surface area contributed by atoms with Crippen LogP contribution in [-0.2, 0) is 10.0 Å². The molecule has 0 amide bonds. The Kier molecular flexibility index (Phi) is 7.78. The monoisotopic (exact) mass is 489 g/mol. The van der Waals surface area contributed by atoms with E-state index < -0.39 is 16.0 Å². The number of carboxylic acid groups (broad SMARTS) is 1. The van der Waals surface area contributed by atoms with Crippen LogP contribution in [0, 0.1) is 26.6 Å². The van der Waals surface area contributed by atoms with Crippen molar-refractivity contribution >= 4 is 27.8 Å². The van der Waals surface area contributed by atoms with E-state index in [-0.39, 0.29) is 22.8 Å². The summed E-state index contributed by atoms with van der Waals surface area (Å²) in [5.74, 6) is 0.179. The van der Waals surface area contributed by atoms with Gasteiger partial charge in [0.25, 0.3) is 0 Å². The maximum Gasteiger partial charge on any atom is 0.336 e. The average Bonchev–Trinajstić information content (AvgIpc) is 2.76. The number of carbonyl (C=O) groups is 1. The summed E-state index contributed by atoms with van der Waals surface area (Å²) in [5, 5.41) is 9.30. The van der Waals surface area contributed by atoms with Crippen molar-refractivity contribution < 1.29 is 27.4 Å². The third kappa shape index (κ3) is 6.34. The molecule has 3 rings (SSSR count). The molecule has 0 aromatic heterocycles. The van der Waals surface area contributed by atoms with Gasteiger partial charge in [0.2, 0.25) is 10.0 Å². The molecule has 0 aliphatic rings. The van der Waals surface area contributed by atoms with Crippen molar-refractivity contribution in [3.63, 3.8) is 0 Å². The van der Waals surface area contributed by atoms with Crippen LogP contribution in [0.15, 0.2) is 64.4 Å². The number of sulfonamides is 1. The first-order chi connectivity index (χ1) is 15.6. The normalized spacial score (nSPS) is 11.4. The second kappa shape index (κ2) is 10.4. The number of aryl methyl sites for hydroxylation is 2. The molecule has 0 spiro atoms. The van der Waals surface area contributed by atoms with Crippen molar-refractivity contribution in [1.29, 1.82) is 0 Å². The highest BCUT2D eigenvalue weighted by molar-refractivity contribution is 7.99. The van der Waals surface area contributed by atoms with Gasteiger partial charge < -0.3 is 9.84 Å². The van der Waals surface area contributed by atoms with Crippen LogP contribution in [-0.4, -0.2) is 31.8 Å². The minimum Gasteiger partial charge on any atom is -0.478 e. The Labute approximate surface area is 196 Å². The molecule has 0 fully saturated rings. The molecule has 3 aromatic carbocycles. The van der Waals surface area contributed by atoms with Crippen LogP contribution in [0.4, 0.5) is 4.39 Å². The highest BCUT2D eigenvalue weighted by Crippen LogP contribution is 2.26. The summed E-state index contributed by atoms with van der Waals surface area (Å²) in [6, 6.07) is 14.5. The van der Waals surface area contributed by atoms with Gasteiger partial charge in [0.1, 0.15) is 17.3 Å². The lowest BCUT2D eigenvalue weighted by atomic mass is 10.0. The minimum atomic E-state index is -3.83. The van der Waals surface area contributed by atoms with Crippen LogP contribution in [0.1, 0.15) is 27.0 Å². The largest absolute Gasteiger partial charge is 0.478 e. The molecule has 33 heavy (non-hydrogen) atoms. The molecule has 174 valence electrons. The summed E-state index contributed by atoms with van der Waals surface area (Å²) in [6.45, 7) is 5.17. The smallest absolute Gasteiger partial charge is 0.336 e. The van der Waals surface area contributed by atoms with E-state index in [1.165, 1.54) is 30.0 Å². The van der Waals surface area contributed by atoms with Gasteiger partial charge >= 0.3 is 5.97 Å². The summed E-state index contributed by atoms with van der Waals surface area (Å²) in [7, 11) is -3.83. The lowest BCUT2D eigenvalue weighted by molar-refractivity contribution is 0.0695. The van der Waals surface area contributed by atoms with Crippen LogP contribution in [0.2, 0.25) is 0 Å². The molecule has 0 saturated heterocycles. The molecule has 0 bridgehead atoms. The van der Waals surface area contributed by atoms with Gasteiger partial charge in [0.05, 0.1) is 10.5 Å². The first kappa shape index (κ1) is 24.8. The Hall–Kier alpha value is -2.88. The number of aromatic carboxylic acids is 1. The number of halogens is 1. The zero-order valence-electron chi connectivity index (χ0n) is 18.4. The standard InChI is InChI=1S/C24H24FNO5S2/c1-15-13-21(14-22(17(15)3)24(27)28)33(29,30)26-10-11-32-20-7-4-18(5-8-20)31-19-6-9-23(25)16(2)12-19/h4-9,12-14,26H,10-11H2,1-3H3,(H,27,28). The van der Waals surface area contributed by atoms with E-state index in [2.05, 4.69) is 4.72 Å². The van der Waals surface area contributed by atoms with Crippen molar-refractivity contribution in [2.75, 3.05) is 12.3 Å². The van der Waals surface area contributed by atoms with Crippen molar-refractivity contribution in [2.45, 2.75) is 30.6 Å². The second-order valence-electron chi connectivity index (χ2n) is 7.45. The lowest BCUT2D eigenvalue weighted by Gasteiger charge is -2.11. The molecule has 0 unspecified atom stereocenters. The van der Waals surface area contributed by atoms with Crippen molar-refractivity contribution in [3.05, 3.63) is 82.7 Å². The van der Waals surface area contributed by atoms with Gasteiger partial charge in [-0.15, -0.1) is 11.8 Å². The Morgan fingerprint density at radius 3 is 2.30 bits per heavy atom. The fraction of sp³-hybridized carbons (Fsp3) is 0.208. The lowest BCUT2D eigenvalue weighted by Crippen LogP contribution is -2.26. The number of thioether (sulfide) groups is 1. The molecule has 0 radical (unpaired) electrons. The van der Waals surface area contributed by atoms with E-state index in [0.29, 0.717) is 33.9 Å². The van der Waals surface area contributed by atoms with E-state index in [0.717, 1.165) is 4.90 Å². The number of ether oxygens (including phenoxy) is 1. The summed E-state index contributed by atoms with van der Waals surface area (Å²) < 4.78 is 46.8. The van der Waals surface area contributed by atoms with Gasteiger partial charge in [-0.3, -0.25) is 0 Å². The highest BCUT2D eigenvalue weighted by Gasteiger charge is 2.19. The molecular formula is C24H24FNO5S2. The van der Waals surface area contributed by atoms with Crippen molar-refractivity contribution in [2.24, 2.45) is 0 Å².